The Balaban J connectivity index is 2.63. The molecule has 8 heteroatoms. The zero-order valence-corrected chi connectivity index (χ0v) is 14.0. The molecule has 1 rings (SSSR count). The number of rotatable bonds is 7. The number of hydrogen-bond donors (Lipinski definition) is 2. The van der Waals surface area contributed by atoms with Gasteiger partial charge in [-0.1, -0.05) is 36.5 Å². The molecule has 1 aromatic carbocycles. The fourth-order valence-corrected chi connectivity index (χ4v) is 3.66. The van der Waals surface area contributed by atoms with Crippen molar-refractivity contribution < 1.29 is 13.2 Å². The van der Waals surface area contributed by atoms with Gasteiger partial charge in [-0.2, -0.15) is 0 Å². The summed E-state index contributed by atoms with van der Waals surface area (Å²) in [6.45, 7) is 1.91. The number of hydrogen-bond acceptors (Lipinski definition) is 4. The monoisotopic (exact) mass is 352 g/mol. The molecule has 0 spiro atoms. The maximum absolute atomic E-state index is 11.8. The highest BCUT2D eigenvalue weighted by atomic mass is 35.5. The van der Waals surface area contributed by atoms with Crippen LogP contribution < -0.4 is 11.1 Å². The molecular weight excluding hydrogens is 335 g/mol. The molecule has 21 heavy (non-hydrogen) atoms. The van der Waals surface area contributed by atoms with Gasteiger partial charge in [0.15, 0.2) is 9.84 Å². The molecule has 1 aromatic rings. The van der Waals surface area contributed by atoms with E-state index in [1.54, 1.807) is 0 Å². The summed E-state index contributed by atoms with van der Waals surface area (Å²) in [6, 6.07) is 2.92. The topological polar surface area (TPSA) is 89.3 Å². The van der Waals surface area contributed by atoms with Crippen molar-refractivity contribution in [2.24, 2.45) is 0 Å². The molecule has 0 saturated heterocycles. The third kappa shape index (κ3) is 6.11. The third-order valence-corrected chi connectivity index (χ3v) is 5.11. The van der Waals surface area contributed by atoms with E-state index >= 15 is 0 Å². The number of benzene rings is 1. The van der Waals surface area contributed by atoms with Crippen LogP contribution >= 0.6 is 23.2 Å². The molecule has 3 N–H and O–H groups in total. The molecule has 0 saturated carbocycles. The van der Waals surface area contributed by atoms with Crippen LogP contribution in [0.4, 0.5) is 11.4 Å². The second-order valence-corrected chi connectivity index (χ2v) is 7.78. The third-order valence-electron chi connectivity index (χ3n) is 2.78. The number of nitrogens with one attached hydrogen (secondary N) is 1. The first-order valence-electron chi connectivity index (χ1n) is 6.50. The summed E-state index contributed by atoms with van der Waals surface area (Å²) in [6.07, 6.45) is 1.25. The van der Waals surface area contributed by atoms with E-state index in [1.807, 2.05) is 6.92 Å². The molecule has 0 heterocycles. The van der Waals surface area contributed by atoms with Crippen molar-refractivity contribution in [2.75, 3.05) is 22.6 Å². The number of carbonyl (C=O) groups excluding carboxylic acids is 1. The number of sulfone groups is 1. The van der Waals surface area contributed by atoms with Crippen molar-refractivity contribution in [3.05, 3.63) is 22.2 Å². The highest BCUT2D eigenvalue weighted by Crippen LogP contribution is 2.32. The van der Waals surface area contributed by atoms with E-state index in [9.17, 15) is 13.2 Å². The predicted molar refractivity (Wildman–Crippen MR) is 87.7 cm³/mol. The molecular formula is C13H18Cl2N2O3S. The second-order valence-electron chi connectivity index (χ2n) is 4.66. The van der Waals surface area contributed by atoms with Crippen LogP contribution in [0, 0.1) is 0 Å². The number of nitrogen functional groups attached to an aromatic ring is 1. The van der Waals surface area contributed by atoms with Gasteiger partial charge in [0.2, 0.25) is 5.91 Å². The lowest BCUT2D eigenvalue weighted by molar-refractivity contribution is -0.115. The van der Waals surface area contributed by atoms with Crippen LogP contribution in [-0.4, -0.2) is 25.8 Å². The number of amides is 1. The Morgan fingerprint density at radius 3 is 2.33 bits per heavy atom. The summed E-state index contributed by atoms with van der Waals surface area (Å²) in [5.41, 5.74) is 6.18. The Kier molecular flexibility index (Phi) is 6.77. The number of anilines is 2. The molecule has 1 amide bonds. The second kappa shape index (κ2) is 7.87. The molecule has 0 aliphatic heterocycles. The van der Waals surface area contributed by atoms with Gasteiger partial charge in [0, 0.05) is 12.1 Å². The Morgan fingerprint density at radius 1 is 1.24 bits per heavy atom. The van der Waals surface area contributed by atoms with Gasteiger partial charge in [0.25, 0.3) is 0 Å². The summed E-state index contributed by atoms with van der Waals surface area (Å²) in [5, 5.41) is 2.93. The maximum Gasteiger partial charge on any atom is 0.225 e. The Bertz CT molecular complexity index is 595. The summed E-state index contributed by atoms with van der Waals surface area (Å²) in [4.78, 5) is 11.8. The lowest BCUT2D eigenvalue weighted by Gasteiger charge is -2.10. The van der Waals surface area contributed by atoms with Crippen LogP contribution in [0.2, 0.25) is 10.0 Å². The average Bonchev–Trinajstić information content (AvgIpc) is 2.38. The minimum atomic E-state index is -3.20. The molecule has 0 bridgehead atoms. The van der Waals surface area contributed by atoms with Crippen molar-refractivity contribution in [3.63, 3.8) is 0 Å². The number of halogens is 2. The van der Waals surface area contributed by atoms with E-state index in [2.05, 4.69) is 5.32 Å². The van der Waals surface area contributed by atoms with Gasteiger partial charge in [-0.3, -0.25) is 4.79 Å². The smallest absolute Gasteiger partial charge is 0.225 e. The molecule has 118 valence electrons. The number of carbonyl (C=O) groups is 1. The maximum atomic E-state index is 11.8. The van der Waals surface area contributed by atoms with Crippen molar-refractivity contribution in [1.29, 1.82) is 0 Å². The number of nitrogens with two attached hydrogens (primary N) is 1. The minimum absolute atomic E-state index is 0.0974. The first-order chi connectivity index (χ1) is 9.75. The SMILES string of the molecule is CCCCS(=O)(=O)CCC(=O)Nc1c(Cl)cc(N)cc1Cl. The predicted octanol–water partition coefficient (Wildman–Crippen LogP) is 3.12. The normalized spacial score (nSPS) is 11.4. The van der Waals surface area contributed by atoms with E-state index < -0.39 is 15.7 Å². The zero-order chi connectivity index (χ0) is 16.0. The quantitative estimate of drug-likeness (QED) is 0.737. The fourth-order valence-electron chi connectivity index (χ4n) is 1.63. The summed E-state index contributed by atoms with van der Waals surface area (Å²) in [5.74, 6) is -0.549. The van der Waals surface area contributed by atoms with Crippen LogP contribution in [-0.2, 0) is 14.6 Å². The van der Waals surface area contributed by atoms with Crippen molar-refractivity contribution in [3.8, 4) is 0 Å². The summed E-state index contributed by atoms with van der Waals surface area (Å²) in [7, 11) is -3.20. The van der Waals surface area contributed by atoms with Gasteiger partial charge in [0.1, 0.15) is 0 Å². The van der Waals surface area contributed by atoms with E-state index in [0.717, 1.165) is 6.42 Å². The largest absolute Gasteiger partial charge is 0.399 e. The lowest BCUT2D eigenvalue weighted by atomic mass is 10.2. The Hall–Kier alpha value is -0.980. The van der Waals surface area contributed by atoms with Gasteiger partial charge in [-0.15, -0.1) is 0 Å². The Labute approximate surface area is 134 Å². The van der Waals surface area contributed by atoms with Crippen LogP contribution in [0.25, 0.3) is 0 Å². The molecule has 0 unspecified atom stereocenters. The molecule has 0 aliphatic carbocycles. The molecule has 0 fully saturated rings. The van der Waals surface area contributed by atoms with Crippen LogP contribution in [0.3, 0.4) is 0 Å². The molecule has 0 atom stereocenters. The number of unbranched alkanes of at least 4 members (excludes halogenated alkanes) is 1. The average molecular weight is 353 g/mol. The Morgan fingerprint density at radius 2 is 1.81 bits per heavy atom. The van der Waals surface area contributed by atoms with Crippen molar-refractivity contribution in [2.45, 2.75) is 26.2 Å². The fraction of sp³-hybridized carbons (Fsp3) is 0.462. The van der Waals surface area contributed by atoms with E-state index in [-0.39, 0.29) is 33.7 Å². The van der Waals surface area contributed by atoms with Gasteiger partial charge >= 0.3 is 0 Å². The van der Waals surface area contributed by atoms with Gasteiger partial charge in [-0.05, 0) is 18.6 Å². The first-order valence-corrected chi connectivity index (χ1v) is 9.07. The lowest BCUT2D eigenvalue weighted by Crippen LogP contribution is -2.19. The van der Waals surface area contributed by atoms with E-state index in [0.29, 0.717) is 12.1 Å². The van der Waals surface area contributed by atoms with E-state index in [1.165, 1.54) is 12.1 Å². The van der Waals surface area contributed by atoms with Gasteiger partial charge in [-0.25, -0.2) is 8.42 Å². The first kappa shape index (κ1) is 18.1. The summed E-state index contributed by atoms with van der Waals surface area (Å²) >= 11 is 11.9. The molecule has 0 aliphatic rings. The summed E-state index contributed by atoms with van der Waals surface area (Å²) < 4.78 is 23.4. The molecule has 0 radical (unpaired) electrons. The highest BCUT2D eigenvalue weighted by Gasteiger charge is 2.15. The van der Waals surface area contributed by atoms with Crippen LogP contribution in [0.15, 0.2) is 12.1 Å². The minimum Gasteiger partial charge on any atom is -0.399 e. The van der Waals surface area contributed by atoms with Gasteiger partial charge < -0.3 is 11.1 Å². The van der Waals surface area contributed by atoms with Crippen LogP contribution in [0.1, 0.15) is 26.2 Å². The molecule has 0 aromatic heterocycles. The van der Waals surface area contributed by atoms with Crippen LogP contribution in [0.5, 0.6) is 0 Å². The highest BCUT2D eigenvalue weighted by molar-refractivity contribution is 7.91. The standard InChI is InChI=1S/C13H18Cl2N2O3S/c1-2-3-5-21(19,20)6-4-12(18)17-13-10(14)7-9(16)8-11(13)15/h7-8H,2-6,16H2,1H3,(H,17,18). The van der Waals surface area contributed by atoms with Gasteiger partial charge in [0.05, 0.1) is 27.2 Å². The molecule has 5 nitrogen and oxygen atoms in total. The van der Waals surface area contributed by atoms with E-state index in [4.69, 9.17) is 28.9 Å². The van der Waals surface area contributed by atoms with Crippen molar-refractivity contribution >= 4 is 50.3 Å². The van der Waals surface area contributed by atoms with Crippen molar-refractivity contribution in [1.82, 2.24) is 0 Å². The zero-order valence-electron chi connectivity index (χ0n) is 11.7.